The Hall–Kier alpha value is -1.23. The van der Waals surface area contributed by atoms with Crippen LogP contribution in [0.25, 0.3) is 0 Å². The molecule has 94 valence electrons. The van der Waals surface area contributed by atoms with Crippen LogP contribution < -0.4 is 5.32 Å². The van der Waals surface area contributed by atoms with Gasteiger partial charge in [-0.1, -0.05) is 17.7 Å². The van der Waals surface area contributed by atoms with Gasteiger partial charge in [-0.05, 0) is 26.0 Å². The zero-order valence-corrected chi connectivity index (χ0v) is 9.99. The van der Waals surface area contributed by atoms with E-state index in [2.05, 4.69) is 5.32 Å². The van der Waals surface area contributed by atoms with Crippen molar-refractivity contribution in [1.82, 2.24) is 5.32 Å². The SMILES string of the molecule is CC(C)NC(=O)c1cccc(C(F)(F)F)c1Cl. The lowest BCUT2D eigenvalue weighted by atomic mass is 10.1. The summed E-state index contributed by atoms with van der Waals surface area (Å²) in [4.78, 5) is 11.6. The predicted molar refractivity (Wildman–Crippen MR) is 59.1 cm³/mol. The van der Waals surface area contributed by atoms with Crippen molar-refractivity contribution < 1.29 is 18.0 Å². The molecule has 0 saturated heterocycles. The van der Waals surface area contributed by atoms with Gasteiger partial charge in [0.15, 0.2) is 0 Å². The van der Waals surface area contributed by atoms with Gasteiger partial charge >= 0.3 is 6.18 Å². The highest BCUT2D eigenvalue weighted by atomic mass is 35.5. The average molecular weight is 266 g/mol. The minimum Gasteiger partial charge on any atom is -0.350 e. The molecule has 0 bridgehead atoms. The fraction of sp³-hybridized carbons (Fsp3) is 0.364. The van der Waals surface area contributed by atoms with Gasteiger partial charge in [-0.15, -0.1) is 0 Å². The van der Waals surface area contributed by atoms with E-state index in [0.717, 1.165) is 12.1 Å². The van der Waals surface area contributed by atoms with E-state index in [1.165, 1.54) is 6.07 Å². The number of nitrogens with one attached hydrogen (secondary N) is 1. The minimum absolute atomic E-state index is 0.171. The maximum Gasteiger partial charge on any atom is 0.417 e. The zero-order chi connectivity index (χ0) is 13.2. The third-order valence-electron chi connectivity index (χ3n) is 1.97. The third-order valence-corrected chi connectivity index (χ3v) is 2.38. The van der Waals surface area contributed by atoms with Crippen molar-refractivity contribution in [1.29, 1.82) is 0 Å². The Labute approximate surface area is 102 Å². The first-order chi connectivity index (χ1) is 7.73. The van der Waals surface area contributed by atoms with Crippen molar-refractivity contribution in [3.05, 3.63) is 34.3 Å². The summed E-state index contributed by atoms with van der Waals surface area (Å²) in [6, 6.07) is 3.08. The van der Waals surface area contributed by atoms with Crippen molar-refractivity contribution in [2.45, 2.75) is 26.1 Å². The molecule has 1 aromatic carbocycles. The van der Waals surface area contributed by atoms with Gasteiger partial charge in [0.25, 0.3) is 5.91 Å². The van der Waals surface area contributed by atoms with Gasteiger partial charge < -0.3 is 5.32 Å². The summed E-state index contributed by atoms with van der Waals surface area (Å²) in [5.74, 6) is -0.615. The molecule has 0 aromatic heterocycles. The zero-order valence-electron chi connectivity index (χ0n) is 9.23. The molecule has 0 aliphatic carbocycles. The van der Waals surface area contributed by atoms with E-state index in [4.69, 9.17) is 11.6 Å². The van der Waals surface area contributed by atoms with Crippen molar-refractivity contribution in [3.63, 3.8) is 0 Å². The average Bonchev–Trinajstić information content (AvgIpc) is 2.14. The highest BCUT2D eigenvalue weighted by Gasteiger charge is 2.34. The Bertz CT molecular complexity index is 429. The maximum absolute atomic E-state index is 12.5. The molecule has 0 aliphatic heterocycles. The Kier molecular flexibility index (Phi) is 4.03. The fourth-order valence-electron chi connectivity index (χ4n) is 1.27. The second-order valence-corrected chi connectivity index (χ2v) is 4.17. The molecule has 0 atom stereocenters. The monoisotopic (exact) mass is 265 g/mol. The number of benzene rings is 1. The van der Waals surface area contributed by atoms with Crippen LogP contribution in [0.4, 0.5) is 13.2 Å². The van der Waals surface area contributed by atoms with Gasteiger partial charge in [0, 0.05) is 6.04 Å². The maximum atomic E-state index is 12.5. The topological polar surface area (TPSA) is 29.1 Å². The Morgan fingerprint density at radius 1 is 1.35 bits per heavy atom. The molecule has 1 rings (SSSR count). The molecule has 0 spiro atoms. The van der Waals surface area contributed by atoms with Crippen LogP contribution in [0.1, 0.15) is 29.8 Å². The van der Waals surface area contributed by atoms with Crippen LogP contribution in [-0.4, -0.2) is 11.9 Å². The Balaban J connectivity index is 3.15. The van der Waals surface area contributed by atoms with E-state index in [1.807, 2.05) is 0 Å². The van der Waals surface area contributed by atoms with Gasteiger partial charge in [0.1, 0.15) is 0 Å². The Morgan fingerprint density at radius 2 is 1.94 bits per heavy atom. The number of halogens is 4. The van der Waals surface area contributed by atoms with E-state index in [9.17, 15) is 18.0 Å². The van der Waals surface area contributed by atoms with Crippen LogP contribution >= 0.6 is 11.6 Å². The van der Waals surface area contributed by atoms with Crippen molar-refractivity contribution in [3.8, 4) is 0 Å². The molecule has 1 aromatic rings. The van der Waals surface area contributed by atoms with Crippen molar-refractivity contribution in [2.75, 3.05) is 0 Å². The number of rotatable bonds is 2. The van der Waals surface area contributed by atoms with Crippen molar-refractivity contribution >= 4 is 17.5 Å². The van der Waals surface area contributed by atoms with E-state index >= 15 is 0 Å². The molecular weight excluding hydrogens is 255 g/mol. The number of carbonyl (C=O) groups is 1. The first-order valence-corrected chi connectivity index (χ1v) is 5.28. The number of alkyl halides is 3. The summed E-state index contributed by atoms with van der Waals surface area (Å²) in [6.07, 6.45) is -4.56. The van der Waals surface area contributed by atoms with Crippen LogP contribution in [0, 0.1) is 0 Å². The lowest BCUT2D eigenvalue weighted by molar-refractivity contribution is -0.137. The number of amides is 1. The predicted octanol–water partition coefficient (Wildman–Crippen LogP) is 3.50. The van der Waals surface area contributed by atoms with Gasteiger partial charge in [-0.2, -0.15) is 13.2 Å². The highest BCUT2D eigenvalue weighted by Crippen LogP contribution is 2.36. The number of hydrogen-bond donors (Lipinski definition) is 1. The van der Waals surface area contributed by atoms with Crippen LogP contribution in [0.15, 0.2) is 18.2 Å². The molecule has 6 heteroatoms. The lowest BCUT2D eigenvalue weighted by Crippen LogP contribution is -2.30. The van der Waals surface area contributed by atoms with E-state index in [1.54, 1.807) is 13.8 Å². The standard InChI is InChI=1S/C11H11ClF3NO/c1-6(2)16-10(17)7-4-3-5-8(9(7)12)11(13,14)15/h3-6H,1-2H3,(H,16,17). The van der Waals surface area contributed by atoms with Gasteiger partial charge in [0.05, 0.1) is 16.1 Å². The summed E-state index contributed by atoms with van der Waals surface area (Å²) >= 11 is 5.59. The fourth-order valence-corrected chi connectivity index (χ4v) is 1.59. The highest BCUT2D eigenvalue weighted by molar-refractivity contribution is 6.34. The molecule has 2 nitrogen and oxygen atoms in total. The second-order valence-electron chi connectivity index (χ2n) is 3.79. The second kappa shape index (κ2) is 4.96. The van der Waals surface area contributed by atoms with Crippen LogP contribution in [0.5, 0.6) is 0 Å². The molecule has 1 N–H and O–H groups in total. The summed E-state index contributed by atoms with van der Waals surface area (Å²) in [6.45, 7) is 3.42. The molecule has 0 radical (unpaired) electrons. The van der Waals surface area contributed by atoms with Crippen molar-refractivity contribution in [2.24, 2.45) is 0 Å². The summed E-state index contributed by atoms with van der Waals surface area (Å²) < 4.78 is 37.6. The largest absolute Gasteiger partial charge is 0.417 e. The first-order valence-electron chi connectivity index (χ1n) is 4.90. The summed E-state index contributed by atoms with van der Waals surface area (Å²) in [7, 11) is 0. The molecule has 17 heavy (non-hydrogen) atoms. The molecule has 1 amide bonds. The normalized spacial score (nSPS) is 11.7. The molecule has 0 unspecified atom stereocenters. The molecule has 0 aliphatic rings. The smallest absolute Gasteiger partial charge is 0.350 e. The molecule has 0 heterocycles. The summed E-state index contributed by atoms with van der Waals surface area (Å²) in [5.41, 5.74) is -1.18. The number of carbonyl (C=O) groups excluding carboxylic acids is 1. The quantitative estimate of drug-likeness (QED) is 0.871. The lowest BCUT2D eigenvalue weighted by Gasteiger charge is -2.13. The van der Waals surface area contributed by atoms with E-state index in [-0.39, 0.29) is 11.6 Å². The Morgan fingerprint density at radius 3 is 2.41 bits per heavy atom. The van der Waals surface area contributed by atoms with Gasteiger partial charge in [-0.25, -0.2) is 0 Å². The van der Waals surface area contributed by atoms with E-state index < -0.39 is 22.7 Å². The van der Waals surface area contributed by atoms with Gasteiger partial charge in [0.2, 0.25) is 0 Å². The van der Waals surface area contributed by atoms with Crippen LogP contribution in [0.3, 0.4) is 0 Å². The molecule has 0 saturated carbocycles. The molecular formula is C11H11ClF3NO. The number of hydrogen-bond acceptors (Lipinski definition) is 1. The summed E-state index contributed by atoms with van der Waals surface area (Å²) in [5, 5.41) is 1.92. The third kappa shape index (κ3) is 3.36. The minimum atomic E-state index is -4.56. The van der Waals surface area contributed by atoms with E-state index in [0.29, 0.717) is 0 Å². The van der Waals surface area contributed by atoms with Gasteiger partial charge in [-0.3, -0.25) is 4.79 Å². The van der Waals surface area contributed by atoms with Crippen LogP contribution in [-0.2, 0) is 6.18 Å². The molecule has 0 fully saturated rings. The first kappa shape index (κ1) is 13.8. The van der Waals surface area contributed by atoms with Crippen LogP contribution in [0.2, 0.25) is 5.02 Å².